The van der Waals surface area contributed by atoms with Crippen molar-refractivity contribution in [3.8, 4) is 0 Å². The molecule has 1 aliphatic rings. The molecule has 1 aliphatic carbocycles. The molecule has 1 saturated carbocycles. The number of pyridine rings is 1. The first kappa shape index (κ1) is 17.0. The molecule has 2 amide bonds. The van der Waals surface area contributed by atoms with Crippen LogP contribution in [0.3, 0.4) is 0 Å². The third-order valence-corrected chi connectivity index (χ3v) is 4.13. The lowest BCUT2D eigenvalue weighted by Gasteiger charge is -2.18. The van der Waals surface area contributed by atoms with Crippen molar-refractivity contribution >= 4 is 11.8 Å². The summed E-state index contributed by atoms with van der Waals surface area (Å²) in [4.78, 5) is 39.5. The second-order valence-electron chi connectivity index (χ2n) is 6.38. The molecule has 1 atom stereocenters. The molecule has 3 rings (SSSR count). The molecule has 1 heterocycles. The molecule has 3 N–H and O–H groups in total. The van der Waals surface area contributed by atoms with Gasteiger partial charge in [-0.05, 0) is 37.5 Å². The van der Waals surface area contributed by atoms with Crippen LogP contribution >= 0.6 is 0 Å². The van der Waals surface area contributed by atoms with Gasteiger partial charge in [-0.2, -0.15) is 0 Å². The third-order valence-electron chi connectivity index (χ3n) is 4.13. The largest absolute Gasteiger partial charge is 0.352 e. The highest BCUT2D eigenvalue weighted by Gasteiger charge is 2.29. The van der Waals surface area contributed by atoms with Crippen molar-refractivity contribution in [1.29, 1.82) is 0 Å². The standard InChI is InChI=1S/C19H21N3O3/c1-12-7-10-15(17(23)20-12)18(24)22-16(19(25)21-14-8-9-14)11-13-5-3-2-4-6-13/h2-7,10,14,16H,8-9,11H2,1H3,(H,20,23)(H,21,25)(H,22,24)/t16-/m1/s1. The van der Waals surface area contributed by atoms with Crippen LogP contribution < -0.4 is 16.2 Å². The Labute approximate surface area is 145 Å². The minimum absolute atomic E-state index is 0.00267. The SMILES string of the molecule is Cc1ccc(C(=O)N[C@H](Cc2ccccc2)C(=O)NC2CC2)c(=O)[nH]1. The van der Waals surface area contributed by atoms with Crippen LogP contribution in [0, 0.1) is 6.92 Å². The summed E-state index contributed by atoms with van der Waals surface area (Å²) < 4.78 is 0. The number of aryl methyl sites for hydroxylation is 1. The molecule has 25 heavy (non-hydrogen) atoms. The average Bonchev–Trinajstić information content (AvgIpc) is 3.39. The van der Waals surface area contributed by atoms with Crippen molar-refractivity contribution in [3.05, 3.63) is 69.6 Å². The Balaban J connectivity index is 1.76. The van der Waals surface area contributed by atoms with Crippen LogP contribution in [0.5, 0.6) is 0 Å². The number of amides is 2. The topological polar surface area (TPSA) is 91.1 Å². The Morgan fingerprint density at radius 2 is 1.88 bits per heavy atom. The van der Waals surface area contributed by atoms with E-state index in [9.17, 15) is 14.4 Å². The number of hydrogen-bond acceptors (Lipinski definition) is 3. The van der Waals surface area contributed by atoms with Gasteiger partial charge >= 0.3 is 0 Å². The van der Waals surface area contributed by atoms with E-state index in [-0.39, 0.29) is 17.5 Å². The number of nitrogens with one attached hydrogen (secondary N) is 3. The molecule has 0 aliphatic heterocycles. The summed E-state index contributed by atoms with van der Waals surface area (Å²) in [5, 5.41) is 5.62. The lowest BCUT2D eigenvalue weighted by atomic mass is 10.0. The zero-order chi connectivity index (χ0) is 17.8. The van der Waals surface area contributed by atoms with Crippen molar-refractivity contribution in [2.75, 3.05) is 0 Å². The van der Waals surface area contributed by atoms with Crippen molar-refractivity contribution in [2.24, 2.45) is 0 Å². The zero-order valence-corrected chi connectivity index (χ0v) is 14.0. The van der Waals surface area contributed by atoms with E-state index in [1.165, 1.54) is 6.07 Å². The summed E-state index contributed by atoms with van der Waals surface area (Å²) in [6.07, 6.45) is 2.31. The molecule has 1 aromatic carbocycles. The van der Waals surface area contributed by atoms with Gasteiger partial charge in [-0.25, -0.2) is 0 Å². The first-order chi connectivity index (χ1) is 12.0. The Kier molecular flexibility index (Phi) is 4.97. The van der Waals surface area contributed by atoms with E-state index in [1.807, 2.05) is 30.3 Å². The highest BCUT2D eigenvalue weighted by molar-refractivity contribution is 5.97. The van der Waals surface area contributed by atoms with E-state index in [1.54, 1.807) is 13.0 Å². The van der Waals surface area contributed by atoms with Gasteiger partial charge in [-0.1, -0.05) is 30.3 Å². The second-order valence-corrected chi connectivity index (χ2v) is 6.38. The lowest BCUT2D eigenvalue weighted by molar-refractivity contribution is -0.123. The van der Waals surface area contributed by atoms with E-state index < -0.39 is 17.5 Å². The Morgan fingerprint density at radius 1 is 1.16 bits per heavy atom. The monoisotopic (exact) mass is 339 g/mol. The van der Waals surface area contributed by atoms with Crippen molar-refractivity contribution in [1.82, 2.24) is 15.6 Å². The smallest absolute Gasteiger partial charge is 0.260 e. The fourth-order valence-electron chi connectivity index (χ4n) is 2.58. The summed E-state index contributed by atoms with van der Waals surface area (Å²) in [5.41, 5.74) is 1.16. The van der Waals surface area contributed by atoms with Crippen molar-refractivity contribution in [2.45, 2.75) is 38.3 Å². The molecule has 6 heteroatoms. The van der Waals surface area contributed by atoms with Gasteiger partial charge < -0.3 is 15.6 Å². The number of carbonyl (C=O) groups is 2. The van der Waals surface area contributed by atoms with Gasteiger partial charge in [0.15, 0.2) is 0 Å². The molecule has 0 bridgehead atoms. The molecule has 0 unspecified atom stereocenters. The summed E-state index contributed by atoms with van der Waals surface area (Å²) >= 11 is 0. The molecule has 0 saturated heterocycles. The van der Waals surface area contributed by atoms with Gasteiger partial charge in [0, 0.05) is 18.2 Å². The van der Waals surface area contributed by atoms with E-state index in [4.69, 9.17) is 0 Å². The molecular weight excluding hydrogens is 318 g/mol. The number of benzene rings is 1. The number of aromatic nitrogens is 1. The van der Waals surface area contributed by atoms with Crippen LogP contribution in [-0.4, -0.2) is 28.9 Å². The number of rotatable bonds is 6. The second kappa shape index (κ2) is 7.34. The summed E-state index contributed by atoms with van der Waals surface area (Å²) in [6.45, 7) is 1.74. The third kappa shape index (κ3) is 4.56. The molecule has 0 radical (unpaired) electrons. The van der Waals surface area contributed by atoms with Gasteiger partial charge in [0.2, 0.25) is 5.91 Å². The average molecular weight is 339 g/mol. The molecule has 0 spiro atoms. The Morgan fingerprint density at radius 3 is 2.52 bits per heavy atom. The van der Waals surface area contributed by atoms with Crippen LogP contribution in [-0.2, 0) is 11.2 Å². The number of aromatic amines is 1. The predicted molar refractivity (Wildman–Crippen MR) is 94.4 cm³/mol. The van der Waals surface area contributed by atoms with Crippen LogP contribution in [0.15, 0.2) is 47.3 Å². The maximum Gasteiger partial charge on any atom is 0.260 e. The predicted octanol–water partition coefficient (Wildman–Crippen LogP) is 1.30. The van der Waals surface area contributed by atoms with Crippen LogP contribution in [0.25, 0.3) is 0 Å². The summed E-state index contributed by atoms with van der Waals surface area (Å²) in [5.74, 6) is -0.767. The molecule has 6 nitrogen and oxygen atoms in total. The van der Waals surface area contributed by atoms with Gasteiger partial charge in [0.25, 0.3) is 11.5 Å². The minimum Gasteiger partial charge on any atom is -0.352 e. The molecular formula is C19H21N3O3. The van der Waals surface area contributed by atoms with Crippen molar-refractivity contribution in [3.63, 3.8) is 0 Å². The summed E-state index contributed by atoms with van der Waals surface area (Å²) in [6, 6.07) is 12.1. The normalized spacial score (nSPS) is 14.6. The molecule has 1 aromatic heterocycles. The van der Waals surface area contributed by atoms with E-state index >= 15 is 0 Å². The maximum atomic E-state index is 12.5. The van der Waals surface area contributed by atoms with E-state index in [0.717, 1.165) is 18.4 Å². The fraction of sp³-hybridized carbons (Fsp3) is 0.316. The van der Waals surface area contributed by atoms with E-state index in [0.29, 0.717) is 12.1 Å². The van der Waals surface area contributed by atoms with Crippen LogP contribution in [0.2, 0.25) is 0 Å². The minimum atomic E-state index is -0.726. The number of H-pyrrole nitrogens is 1. The number of hydrogen-bond donors (Lipinski definition) is 3. The lowest BCUT2D eigenvalue weighted by Crippen LogP contribution is -2.49. The molecule has 1 fully saturated rings. The van der Waals surface area contributed by atoms with Crippen molar-refractivity contribution < 1.29 is 9.59 Å². The first-order valence-electron chi connectivity index (χ1n) is 8.38. The van der Waals surface area contributed by atoms with Gasteiger partial charge in [0.1, 0.15) is 11.6 Å². The fourth-order valence-corrected chi connectivity index (χ4v) is 2.58. The highest BCUT2D eigenvalue weighted by Crippen LogP contribution is 2.19. The van der Waals surface area contributed by atoms with E-state index in [2.05, 4.69) is 15.6 Å². The molecule has 130 valence electrons. The van der Waals surface area contributed by atoms with Crippen LogP contribution in [0.4, 0.5) is 0 Å². The number of carbonyl (C=O) groups excluding carboxylic acids is 2. The Hall–Kier alpha value is -2.89. The Bertz CT molecular complexity index is 825. The van der Waals surface area contributed by atoms with Gasteiger partial charge in [-0.15, -0.1) is 0 Å². The van der Waals surface area contributed by atoms with Gasteiger partial charge in [0.05, 0.1) is 0 Å². The zero-order valence-electron chi connectivity index (χ0n) is 14.0. The first-order valence-corrected chi connectivity index (χ1v) is 8.38. The van der Waals surface area contributed by atoms with Crippen LogP contribution in [0.1, 0.15) is 34.5 Å². The summed E-state index contributed by atoms with van der Waals surface area (Å²) in [7, 11) is 0. The van der Waals surface area contributed by atoms with Gasteiger partial charge in [-0.3, -0.25) is 14.4 Å². The maximum absolute atomic E-state index is 12.5. The quantitative estimate of drug-likeness (QED) is 0.741. The molecule has 2 aromatic rings. The highest BCUT2D eigenvalue weighted by atomic mass is 16.2.